The Hall–Kier alpha value is -2.82. The quantitative estimate of drug-likeness (QED) is 0.824. The van der Waals surface area contributed by atoms with Crippen molar-refractivity contribution in [1.82, 2.24) is 0 Å². The van der Waals surface area contributed by atoms with Crippen molar-refractivity contribution < 1.29 is 19.1 Å². The number of amides is 1. The molecule has 0 fully saturated rings. The van der Waals surface area contributed by atoms with Crippen molar-refractivity contribution in [3.05, 3.63) is 59.7 Å². The van der Waals surface area contributed by atoms with E-state index in [1.165, 1.54) is 0 Å². The van der Waals surface area contributed by atoms with Crippen molar-refractivity contribution in [2.75, 3.05) is 11.9 Å². The third-order valence-corrected chi connectivity index (χ3v) is 3.38. The fourth-order valence-corrected chi connectivity index (χ4v) is 2.09. The standard InChI is InChI=1S/C19H21NO4/c1-4-23-19(22)16-7-5-6-8-17(16)20-18(21)14(3)24-15-11-9-13(2)10-12-15/h5-12,14H,4H2,1-3H3,(H,20,21). The van der Waals surface area contributed by atoms with Crippen molar-refractivity contribution in [3.63, 3.8) is 0 Å². The van der Waals surface area contributed by atoms with E-state index in [0.29, 0.717) is 17.0 Å². The van der Waals surface area contributed by atoms with E-state index in [9.17, 15) is 9.59 Å². The minimum absolute atomic E-state index is 0.272. The number of rotatable bonds is 6. The highest BCUT2D eigenvalue weighted by atomic mass is 16.5. The summed E-state index contributed by atoms with van der Waals surface area (Å²) in [5.74, 6) is -0.199. The van der Waals surface area contributed by atoms with Crippen LogP contribution >= 0.6 is 0 Å². The van der Waals surface area contributed by atoms with Crippen LogP contribution in [0.25, 0.3) is 0 Å². The van der Waals surface area contributed by atoms with E-state index in [0.717, 1.165) is 5.56 Å². The zero-order valence-electron chi connectivity index (χ0n) is 14.0. The third kappa shape index (κ3) is 4.59. The van der Waals surface area contributed by atoms with Gasteiger partial charge in [-0.2, -0.15) is 0 Å². The number of para-hydroxylation sites is 1. The number of aryl methyl sites for hydroxylation is 1. The number of hydrogen-bond donors (Lipinski definition) is 1. The van der Waals surface area contributed by atoms with Gasteiger partial charge in [0.15, 0.2) is 6.10 Å². The molecule has 0 radical (unpaired) electrons. The summed E-state index contributed by atoms with van der Waals surface area (Å²) in [4.78, 5) is 24.3. The number of benzene rings is 2. The molecule has 0 saturated heterocycles. The highest BCUT2D eigenvalue weighted by Crippen LogP contribution is 2.18. The Labute approximate surface area is 141 Å². The van der Waals surface area contributed by atoms with Crippen molar-refractivity contribution in [2.45, 2.75) is 26.9 Å². The molecule has 1 atom stereocenters. The van der Waals surface area contributed by atoms with Crippen molar-refractivity contribution in [2.24, 2.45) is 0 Å². The van der Waals surface area contributed by atoms with Crippen molar-refractivity contribution in [1.29, 1.82) is 0 Å². The smallest absolute Gasteiger partial charge is 0.340 e. The van der Waals surface area contributed by atoms with Gasteiger partial charge in [0.05, 0.1) is 17.9 Å². The van der Waals surface area contributed by atoms with Gasteiger partial charge in [0.2, 0.25) is 0 Å². The molecule has 0 bridgehead atoms. The summed E-state index contributed by atoms with van der Waals surface area (Å²) in [6.45, 7) is 5.64. The largest absolute Gasteiger partial charge is 0.481 e. The van der Waals surface area contributed by atoms with Crippen LogP contribution in [-0.4, -0.2) is 24.6 Å². The number of carbonyl (C=O) groups excluding carboxylic acids is 2. The van der Waals surface area contributed by atoms with Gasteiger partial charge in [-0.15, -0.1) is 0 Å². The average molecular weight is 327 g/mol. The molecule has 1 unspecified atom stereocenters. The van der Waals surface area contributed by atoms with Gasteiger partial charge >= 0.3 is 5.97 Å². The summed E-state index contributed by atoms with van der Waals surface area (Å²) in [7, 11) is 0. The second-order valence-electron chi connectivity index (χ2n) is 5.33. The Balaban J connectivity index is 2.06. The minimum atomic E-state index is -0.706. The predicted octanol–water partition coefficient (Wildman–Crippen LogP) is 3.58. The molecule has 5 nitrogen and oxygen atoms in total. The van der Waals surface area contributed by atoms with E-state index in [1.54, 1.807) is 38.1 Å². The molecule has 0 aliphatic rings. The molecule has 0 heterocycles. The maximum Gasteiger partial charge on any atom is 0.340 e. The lowest BCUT2D eigenvalue weighted by Crippen LogP contribution is -2.30. The van der Waals surface area contributed by atoms with E-state index >= 15 is 0 Å². The van der Waals surface area contributed by atoms with Crippen LogP contribution < -0.4 is 10.1 Å². The van der Waals surface area contributed by atoms with Gasteiger partial charge in [-0.1, -0.05) is 29.8 Å². The summed E-state index contributed by atoms with van der Waals surface area (Å²) in [5, 5.41) is 2.72. The Kier molecular flexibility index (Phi) is 5.95. The molecular weight excluding hydrogens is 306 g/mol. The molecule has 5 heteroatoms. The molecule has 0 aliphatic carbocycles. The van der Waals surface area contributed by atoms with Gasteiger partial charge in [-0.25, -0.2) is 4.79 Å². The van der Waals surface area contributed by atoms with E-state index in [4.69, 9.17) is 9.47 Å². The Morgan fingerprint density at radius 1 is 1.08 bits per heavy atom. The lowest BCUT2D eigenvalue weighted by molar-refractivity contribution is -0.122. The van der Waals surface area contributed by atoms with Crippen LogP contribution in [0.15, 0.2) is 48.5 Å². The zero-order chi connectivity index (χ0) is 17.5. The first-order valence-corrected chi connectivity index (χ1v) is 7.81. The minimum Gasteiger partial charge on any atom is -0.481 e. The number of anilines is 1. The predicted molar refractivity (Wildman–Crippen MR) is 92.3 cm³/mol. The highest BCUT2D eigenvalue weighted by molar-refractivity contribution is 6.02. The summed E-state index contributed by atoms with van der Waals surface area (Å²) < 4.78 is 10.6. The van der Waals surface area contributed by atoms with Crippen LogP contribution in [-0.2, 0) is 9.53 Å². The molecule has 2 rings (SSSR count). The van der Waals surface area contributed by atoms with Gasteiger partial charge in [-0.3, -0.25) is 4.79 Å². The molecule has 0 aromatic heterocycles. The van der Waals surface area contributed by atoms with Crippen LogP contribution in [0.3, 0.4) is 0 Å². The summed E-state index contributed by atoms with van der Waals surface area (Å²) in [5.41, 5.74) is 1.83. The lowest BCUT2D eigenvalue weighted by Gasteiger charge is -2.16. The van der Waals surface area contributed by atoms with Crippen LogP contribution in [0.2, 0.25) is 0 Å². The topological polar surface area (TPSA) is 64.6 Å². The van der Waals surface area contributed by atoms with Crippen LogP contribution in [0, 0.1) is 6.92 Å². The second kappa shape index (κ2) is 8.15. The average Bonchev–Trinajstić information content (AvgIpc) is 2.57. The number of esters is 1. The van der Waals surface area contributed by atoms with Crippen LogP contribution in [0.5, 0.6) is 5.75 Å². The maximum absolute atomic E-state index is 12.3. The number of ether oxygens (including phenoxy) is 2. The normalized spacial score (nSPS) is 11.5. The molecule has 0 saturated carbocycles. The summed E-state index contributed by atoms with van der Waals surface area (Å²) in [6, 6.07) is 14.2. The summed E-state index contributed by atoms with van der Waals surface area (Å²) >= 11 is 0. The third-order valence-electron chi connectivity index (χ3n) is 3.38. The Morgan fingerprint density at radius 2 is 1.75 bits per heavy atom. The summed E-state index contributed by atoms with van der Waals surface area (Å²) in [6.07, 6.45) is -0.706. The number of carbonyl (C=O) groups is 2. The molecular formula is C19H21NO4. The molecule has 0 spiro atoms. The van der Waals surface area contributed by atoms with Crippen LogP contribution in [0.1, 0.15) is 29.8 Å². The maximum atomic E-state index is 12.3. The first-order valence-electron chi connectivity index (χ1n) is 7.81. The first kappa shape index (κ1) is 17.5. The van der Waals surface area contributed by atoms with Gasteiger partial charge in [0.1, 0.15) is 5.75 Å². The van der Waals surface area contributed by atoms with Gasteiger partial charge in [0, 0.05) is 0 Å². The lowest BCUT2D eigenvalue weighted by atomic mass is 10.1. The van der Waals surface area contributed by atoms with Gasteiger partial charge < -0.3 is 14.8 Å². The molecule has 0 aliphatic heterocycles. The Bertz CT molecular complexity index is 710. The fraction of sp³-hybridized carbons (Fsp3) is 0.263. The Morgan fingerprint density at radius 3 is 2.42 bits per heavy atom. The van der Waals surface area contributed by atoms with E-state index < -0.39 is 12.1 Å². The molecule has 2 aromatic rings. The van der Waals surface area contributed by atoms with E-state index in [2.05, 4.69) is 5.32 Å². The highest BCUT2D eigenvalue weighted by Gasteiger charge is 2.18. The molecule has 126 valence electrons. The number of hydrogen-bond acceptors (Lipinski definition) is 4. The van der Waals surface area contributed by atoms with E-state index in [-0.39, 0.29) is 12.5 Å². The molecule has 1 amide bonds. The van der Waals surface area contributed by atoms with Gasteiger partial charge in [-0.05, 0) is 45.0 Å². The SMILES string of the molecule is CCOC(=O)c1ccccc1NC(=O)C(C)Oc1ccc(C)cc1. The monoisotopic (exact) mass is 327 g/mol. The van der Waals surface area contributed by atoms with Crippen molar-refractivity contribution in [3.8, 4) is 5.75 Å². The van der Waals surface area contributed by atoms with Gasteiger partial charge in [0.25, 0.3) is 5.91 Å². The fourth-order valence-electron chi connectivity index (χ4n) is 2.09. The first-order chi connectivity index (χ1) is 11.5. The molecule has 1 N–H and O–H groups in total. The van der Waals surface area contributed by atoms with Crippen molar-refractivity contribution >= 4 is 17.6 Å². The second-order valence-corrected chi connectivity index (χ2v) is 5.33. The van der Waals surface area contributed by atoms with E-state index in [1.807, 2.05) is 31.2 Å². The van der Waals surface area contributed by atoms with Crippen LogP contribution in [0.4, 0.5) is 5.69 Å². The molecule has 24 heavy (non-hydrogen) atoms. The number of nitrogens with one attached hydrogen (secondary N) is 1. The molecule has 2 aromatic carbocycles. The zero-order valence-corrected chi connectivity index (χ0v) is 14.0.